The average Bonchev–Trinajstić information content (AvgIpc) is 2.86. The van der Waals surface area contributed by atoms with Gasteiger partial charge in [-0.3, -0.25) is 9.48 Å². The first-order valence-electron chi connectivity index (χ1n) is 8.71. The van der Waals surface area contributed by atoms with Crippen LogP contribution in [0.5, 0.6) is 0 Å². The number of nitrogens with one attached hydrogen (secondary N) is 1. The summed E-state index contributed by atoms with van der Waals surface area (Å²) >= 11 is 6.32. The number of nitrogens with zero attached hydrogens (tertiary/aromatic N) is 2. The average molecular weight is 390 g/mol. The molecule has 0 saturated heterocycles. The van der Waals surface area contributed by atoms with Crippen LogP contribution < -0.4 is 5.32 Å². The molecule has 6 nitrogen and oxygen atoms in total. The molecular formula is C20H24ClN3O3. The van der Waals surface area contributed by atoms with E-state index in [1.165, 1.54) is 6.08 Å². The summed E-state index contributed by atoms with van der Waals surface area (Å²) in [7, 11) is 0. The Balaban J connectivity index is 1.91. The molecule has 0 aliphatic carbocycles. The Labute approximate surface area is 164 Å². The molecule has 0 unspecified atom stereocenters. The van der Waals surface area contributed by atoms with Crippen LogP contribution in [-0.4, -0.2) is 28.3 Å². The summed E-state index contributed by atoms with van der Waals surface area (Å²) < 4.78 is 6.69. The molecule has 1 aromatic carbocycles. The molecule has 0 aliphatic rings. The van der Waals surface area contributed by atoms with Crippen molar-refractivity contribution in [3.05, 3.63) is 52.3 Å². The van der Waals surface area contributed by atoms with Crippen molar-refractivity contribution in [2.24, 2.45) is 5.92 Å². The van der Waals surface area contributed by atoms with Gasteiger partial charge in [0.25, 0.3) is 5.91 Å². The van der Waals surface area contributed by atoms with Crippen molar-refractivity contribution in [3.63, 3.8) is 0 Å². The molecule has 0 atom stereocenters. The third-order valence-corrected chi connectivity index (χ3v) is 4.20. The summed E-state index contributed by atoms with van der Waals surface area (Å²) in [4.78, 5) is 23.8. The highest BCUT2D eigenvalue weighted by molar-refractivity contribution is 6.31. The molecule has 1 N–H and O–H groups in total. The first-order chi connectivity index (χ1) is 12.8. The molecule has 144 valence electrons. The number of aryl methyl sites for hydroxylation is 2. The second kappa shape index (κ2) is 9.37. The molecule has 0 radical (unpaired) electrons. The Bertz CT molecular complexity index is 856. The number of hydrogen-bond acceptors (Lipinski definition) is 4. The second-order valence-corrected chi connectivity index (χ2v) is 7.03. The Hall–Kier alpha value is -2.60. The number of ether oxygens (including phenoxy) is 1. The molecule has 1 amide bonds. The van der Waals surface area contributed by atoms with Crippen molar-refractivity contribution in [2.45, 2.75) is 34.2 Å². The van der Waals surface area contributed by atoms with Crippen LogP contribution >= 0.6 is 11.6 Å². The van der Waals surface area contributed by atoms with E-state index >= 15 is 0 Å². The Morgan fingerprint density at radius 2 is 2.00 bits per heavy atom. The van der Waals surface area contributed by atoms with Gasteiger partial charge in [-0.05, 0) is 37.5 Å². The zero-order valence-electron chi connectivity index (χ0n) is 16.0. The number of benzene rings is 1. The summed E-state index contributed by atoms with van der Waals surface area (Å²) in [6.07, 6.45) is 2.81. The van der Waals surface area contributed by atoms with Crippen molar-refractivity contribution >= 4 is 35.2 Å². The van der Waals surface area contributed by atoms with E-state index in [1.54, 1.807) is 16.8 Å². The fourth-order valence-electron chi connectivity index (χ4n) is 2.46. The van der Waals surface area contributed by atoms with E-state index in [1.807, 2.05) is 32.0 Å². The number of carbonyl (C=O) groups excluding carboxylic acids is 2. The number of hydrogen-bond donors (Lipinski definition) is 1. The predicted octanol–water partition coefficient (Wildman–Crippen LogP) is 4.00. The summed E-state index contributed by atoms with van der Waals surface area (Å²) in [5.74, 6) is -0.623. The Kier molecular flexibility index (Phi) is 7.19. The Morgan fingerprint density at radius 3 is 2.67 bits per heavy atom. The van der Waals surface area contributed by atoms with Crippen LogP contribution in [0.15, 0.2) is 30.3 Å². The molecule has 0 fully saturated rings. The van der Waals surface area contributed by atoms with Crippen molar-refractivity contribution < 1.29 is 14.3 Å². The predicted molar refractivity (Wildman–Crippen MR) is 107 cm³/mol. The van der Waals surface area contributed by atoms with Gasteiger partial charge in [0, 0.05) is 23.9 Å². The van der Waals surface area contributed by atoms with Gasteiger partial charge >= 0.3 is 5.97 Å². The van der Waals surface area contributed by atoms with Crippen LogP contribution in [0.4, 0.5) is 5.69 Å². The largest absolute Gasteiger partial charge is 0.452 e. The fourth-order valence-corrected chi connectivity index (χ4v) is 2.77. The lowest BCUT2D eigenvalue weighted by atomic mass is 10.2. The van der Waals surface area contributed by atoms with Crippen molar-refractivity contribution in [2.75, 3.05) is 11.9 Å². The molecule has 0 saturated carbocycles. The zero-order valence-corrected chi connectivity index (χ0v) is 16.7. The van der Waals surface area contributed by atoms with E-state index < -0.39 is 11.9 Å². The number of carbonyl (C=O) groups is 2. The summed E-state index contributed by atoms with van der Waals surface area (Å²) in [5, 5.41) is 7.55. The second-order valence-electron chi connectivity index (χ2n) is 6.67. The highest BCUT2D eigenvalue weighted by atomic mass is 35.5. The minimum absolute atomic E-state index is 0.364. The van der Waals surface area contributed by atoms with E-state index in [0.717, 1.165) is 11.3 Å². The lowest BCUT2D eigenvalue weighted by Crippen LogP contribution is -2.20. The maximum atomic E-state index is 11.9. The molecule has 2 rings (SSSR count). The maximum Gasteiger partial charge on any atom is 0.331 e. The van der Waals surface area contributed by atoms with E-state index in [0.29, 0.717) is 28.9 Å². The number of para-hydroxylation sites is 1. The molecule has 7 heteroatoms. The van der Waals surface area contributed by atoms with Gasteiger partial charge in [-0.15, -0.1) is 0 Å². The molecule has 0 bridgehead atoms. The number of anilines is 1. The van der Waals surface area contributed by atoms with Gasteiger partial charge in [0.2, 0.25) is 0 Å². The molecule has 2 aromatic rings. The number of aromatic nitrogens is 2. The highest BCUT2D eigenvalue weighted by Gasteiger charge is 2.13. The van der Waals surface area contributed by atoms with E-state index in [2.05, 4.69) is 24.3 Å². The van der Waals surface area contributed by atoms with E-state index in [4.69, 9.17) is 16.3 Å². The van der Waals surface area contributed by atoms with Crippen LogP contribution in [-0.2, 0) is 20.9 Å². The van der Waals surface area contributed by atoms with Crippen LogP contribution in [0.2, 0.25) is 5.15 Å². The van der Waals surface area contributed by atoms with Gasteiger partial charge < -0.3 is 10.1 Å². The van der Waals surface area contributed by atoms with Gasteiger partial charge in [-0.2, -0.15) is 5.10 Å². The highest BCUT2D eigenvalue weighted by Crippen LogP contribution is 2.22. The number of esters is 1. The van der Waals surface area contributed by atoms with Crippen molar-refractivity contribution in [1.82, 2.24) is 9.78 Å². The molecular weight excluding hydrogens is 366 g/mol. The van der Waals surface area contributed by atoms with Gasteiger partial charge in [-0.1, -0.05) is 43.6 Å². The third-order valence-electron chi connectivity index (χ3n) is 3.80. The quantitative estimate of drug-likeness (QED) is 0.573. The molecule has 0 aliphatic heterocycles. The van der Waals surface area contributed by atoms with Crippen LogP contribution in [0, 0.1) is 19.8 Å². The van der Waals surface area contributed by atoms with Gasteiger partial charge in [0.1, 0.15) is 5.15 Å². The molecule has 1 aromatic heterocycles. The SMILES string of the molecule is Cc1ccccc1NC(=O)COC(=O)/C=C/c1c(C)nn(CC(C)C)c1Cl. The van der Waals surface area contributed by atoms with E-state index in [-0.39, 0.29) is 6.61 Å². The fraction of sp³-hybridized carbons (Fsp3) is 0.350. The van der Waals surface area contributed by atoms with E-state index in [9.17, 15) is 9.59 Å². The lowest BCUT2D eigenvalue weighted by Gasteiger charge is -2.07. The minimum Gasteiger partial charge on any atom is -0.452 e. The molecule has 27 heavy (non-hydrogen) atoms. The first kappa shape index (κ1) is 20.7. The van der Waals surface area contributed by atoms with Gasteiger partial charge in [-0.25, -0.2) is 4.79 Å². The van der Waals surface area contributed by atoms with Crippen molar-refractivity contribution in [1.29, 1.82) is 0 Å². The van der Waals surface area contributed by atoms with Crippen LogP contribution in [0.3, 0.4) is 0 Å². The summed E-state index contributed by atoms with van der Waals surface area (Å²) in [5.41, 5.74) is 3.01. The van der Waals surface area contributed by atoms with Crippen molar-refractivity contribution in [3.8, 4) is 0 Å². The summed E-state index contributed by atoms with van der Waals surface area (Å²) in [6, 6.07) is 7.37. The topological polar surface area (TPSA) is 73.2 Å². The zero-order chi connectivity index (χ0) is 20.0. The van der Waals surface area contributed by atoms with Gasteiger partial charge in [0.15, 0.2) is 6.61 Å². The normalized spacial score (nSPS) is 11.2. The molecule has 1 heterocycles. The number of amides is 1. The first-order valence-corrected chi connectivity index (χ1v) is 9.09. The monoisotopic (exact) mass is 389 g/mol. The number of rotatable bonds is 7. The Morgan fingerprint density at radius 1 is 1.30 bits per heavy atom. The minimum atomic E-state index is -0.623. The van der Waals surface area contributed by atoms with Crippen LogP contribution in [0.1, 0.15) is 30.7 Å². The van der Waals surface area contributed by atoms with Crippen LogP contribution in [0.25, 0.3) is 6.08 Å². The lowest BCUT2D eigenvalue weighted by molar-refractivity contribution is -0.142. The third kappa shape index (κ3) is 5.96. The standard InChI is InChI=1S/C20H24ClN3O3/c1-13(2)11-24-20(21)16(15(4)23-24)9-10-19(26)27-12-18(25)22-17-8-6-5-7-14(17)3/h5-10,13H,11-12H2,1-4H3,(H,22,25)/b10-9+. The smallest absolute Gasteiger partial charge is 0.331 e. The summed E-state index contributed by atoms with van der Waals surface area (Å²) in [6.45, 7) is 8.18. The molecule has 0 spiro atoms. The number of halogens is 1. The van der Waals surface area contributed by atoms with Gasteiger partial charge in [0.05, 0.1) is 5.69 Å². The maximum absolute atomic E-state index is 11.9.